The van der Waals surface area contributed by atoms with E-state index in [4.69, 9.17) is 15.2 Å². The van der Waals surface area contributed by atoms with Crippen molar-refractivity contribution in [1.29, 1.82) is 0 Å². The number of Topliss-reactive ketones (excluding diaryl/α,β-unsaturated/α-hetero) is 1. The summed E-state index contributed by atoms with van der Waals surface area (Å²) in [6.07, 6.45) is 6.74. The van der Waals surface area contributed by atoms with Gasteiger partial charge in [-0.1, -0.05) is 55.8 Å². The average molecular weight is 626 g/mol. The molecule has 1 aromatic heterocycles. The van der Waals surface area contributed by atoms with Crippen molar-refractivity contribution in [2.24, 2.45) is 28.6 Å². The van der Waals surface area contributed by atoms with Gasteiger partial charge < -0.3 is 25.4 Å². The molecule has 7 nitrogen and oxygen atoms in total. The molecule has 9 atom stereocenters. The van der Waals surface area contributed by atoms with Crippen LogP contribution in [0.5, 0.6) is 0 Å². The molecule has 234 valence electrons. The van der Waals surface area contributed by atoms with Crippen LogP contribution in [0.25, 0.3) is 10.1 Å². The van der Waals surface area contributed by atoms with Crippen LogP contribution in [0.4, 0.5) is 5.69 Å². The van der Waals surface area contributed by atoms with Crippen LogP contribution in [-0.4, -0.2) is 46.2 Å². The number of ether oxygens (including phenoxy) is 2. The van der Waals surface area contributed by atoms with E-state index in [0.717, 1.165) is 46.3 Å². The fourth-order valence-corrected chi connectivity index (χ4v) is 11.0. The number of rotatable bonds is 5. The van der Waals surface area contributed by atoms with Gasteiger partial charge in [0.2, 0.25) is 0 Å². The number of nitrogen functional groups attached to an aromatic ring is 1. The fourth-order valence-electron chi connectivity index (χ4n) is 10.1. The number of allylic oxidation sites excluding steroid dienone is 4. The standard InChI is InChI=1S/C37H39NO6S/c1-35-13-11-24(40)16-23(35)8-9-26-27-17-31-37(30(42)19-39,36(27,2)18-29(41)32(26)35)44-34(43-31)21-5-3-20(4-6-21)15-22-7-10-28(38)33-25(22)12-14-45-33/h3-7,10-14,16,26-27,29,31-32,34,39,41H,8-9,15,17-19,38H2,1-2H3/t26-,27-,29-,31+,32+,34+,35-,36-,37+/m0/s1. The Hall–Kier alpha value is -3.14. The Balaban J connectivity index is 1.08. The van der Waals surface area contributed by atoms with E-state index in [1.165, 1.54) is 10.9 Å². The predicted octanol–water partition coefficient (Wildman–Crippen LogP) is 5.68. The van der Waals surface area contributed by atoms with Crippen molar-refractivity contribution in [3.8, 4) is 0 Å². The van der Waals surface area contributed by atoms with Crippen LogP contribution >= 0.6 is 11.3 Å². The van der Waals surface area contributed by atoms with Crippen LogP contribution in [0.1, 0.15) is 62.5 Å². The maximum atomic E-state index is 13.8. The number of fused-ring (bicyclic) bond motifs is 8. The molecule has 8 rings (SSSR count). The Morgan fingerprint density at radius 2 is 1.93 bits per heavy atom. The Labute approximate surface area is 266 Å². The summed E-state index contributed by atoms with van der Waals surface area (Å²) < 4.78 is 14.5. The largest absolute Gasteiger partial charge is 0.398 e. The normalized spacial score (nSPS) is 38.4. The molecule has 3 saturated carbocycles. The topological polar surface area (TPSA) is 119 Å². The Morgan fingerprint density at radius 3 is 2.71 bits per heavy atom. The summed E-state index contributed by atoms with van der Waals surface area (Å²) in [5, 5.41) is 25.4. The summed E-state index contributed by atoms with van der Waals surface area (Å²) >= 11 is 1.65. The van der Waals surface area contributed by atoms with Gasteiger partial charge in [0.15, 0.2) is 23.5 Å². The summed E-state index contributed by atoms with van der Waals surface area (Å²) in [6, 6.07) is 14.3. The lowest BCUT2D eigenvalue weighted by Crippen LogP contribution is -2.63. The number of thiophene rings is 1. The Bertz CT molecular complexity index is 1780. The molecule has 2 heterocycles. The number of hydrogen-bond acceptors (Lipinski definition) is 8. The fraction of sp³-hybridized carbons (Fsp3) is 0.459. The third-order valence-electron chi connectivity index (χ3n) is 12.2. The van der Waals surface area contributed by atoms with E-state index >= 15 is 0 Å². The highest BCUT2D eigenvalue weighted by Gasteiger charge is 2.75. The SMILES string of the molecule is C[C@]12C=CC(=O)C=C1CC[C@@H]1[C@@H]2[C@@H](O)C[C@@]2(C)[C@H]1C[C@H]1O[C@@H](c3ccc(Cc4ccc(N)c5sccc45)cc3)O[C@]12C(=O)CO. The van der Waals surface area contributed by atoms with Gasteiger partial charge in [0, 0.05) is 28.0 Å². The summed E-state index contributed by atoms with van der Waals surface area (Å²) in [5.41, 5.74) is 8.75. The monoisotopic (exact) mass is 625 g/mol. The zero-order chi connectivity index (χ0) is 31.3. The van der Waals surface area contributed by atoms with E-state index < -0.39 is 41.5 Å². The highest BCUT2D eigenvalue weighted by Crippen LogP contribution is 2.70. The molecule has 1 saturated heterocycles. The van der Waals surface area contributed by atoms with Crippen LogP contribution in [0.15, 0.2) is 71.6 Å². The number of carbonyl (C=O) groups is 2. The maximum Gasteiger partial charge on any atom is 0.193 e. The Morgan fingerprint density at radius 1 is 1.13 bits per heavy atom. The lowest BCUT2D eigenvalue weighted by molar-refractivity contribution is -0.201. The van der Waals surface area contributed by atoms with Crippen molar-refractivity contribution in [1.82, 2.24) is 0 Å². The zero-order valence-corrected chi connectivity index (χ0v) is 26.4. The van der Waals surface area contributed by atoms with Crippen molar-refractivity contribution in [3.63, 3.8) is 0 Å². The second kappa shape index (κ2) is 10.2. The summed E-state index contributed by atoms with van der Waals surface area (Å²) in [6.45, 7) is 3.55. The van der Waals surface area contributed by atoms with Crippen molar-refractivity contribution in [2.45, 2.75) is 70.1 Å². The van der Waals surface area contributed by atoms with E-state index in [-0.39, 0.29) is 29.3 Å². The smallest absolute Gasteiger partial charge is 0.193 e. The maximum absolute atomic E-state index is 13.8. The number of ketones is 2. The molecule has 3 aromatic rings. The van der Waals surface area contributed by atoms with Gasteiger partial charge in [0.1, 0.15) is 6.61 Å². The molecule has 0 bridgehead atoms. The van der Waals surface area contributed by atoms with Crippen molar-refractivity contribution < 1.29 is 29.3 Å². The first-order valence-electron chi connectivity index (χ1n) is 16.0. The van der Waals surface area contributed by atoms with Gasteiger partial charge in [0.05, 0.1) is 16.9 Å². The molecule has 4 fully saturated rings. The minimum Gasteiger partial charge on any atom is -0.398 e. The first-order valence-corrected chi connectivity index (χ1v) is 16.9. The Kier molecular flexibility index (Phi) is 6.62. The lowest BCUT2D eigenvalue weighted by Gasteiger charge is -2.59. The molecule has 0 radical (unpaired) electrons. The number of hydrogen-bond donors (Lipinski definition) is 3. The van der Waals surface area contributed by atoms with Crippen molar-refractivity contribution in [2.75, 3.05) is 12.3 Å². The molecular weight excluding hydrogens is 586 g/mol. The highest BCUT2D eigenvalue weighted by molar-refractivity contribution is 7.17. The van der Waals surface area contributed by atoms with Crippen LogP contribution < -0.4 is 5.73 Å². The quantitative estimate of drug-likeness (QED) is 0.312. The third-order valence-corrected chi connectivity index (χ3v) is 13.1. The summed E-state index contributed by atoms with van der Waals surface area (Å²) in [7, 11) is 0. The lowest BCUT2D eigenvalue weighted by atomic mass is 9.46. The van der Waals surface area contributed by atoms with Gasteiger partial charge in [-0.3, -0.25) is 9.59 Å². The number of nitrogens with two attached hydrogens (primary N) is 1. The average Bonchev–Trinajstić information content (AvgIpc) is 3.73. The molecule has 0 amide bonds. The van der Waals surface area contributed by atoms with Gasteiger partial charge in [-0.15, -0.1) is 11.3 Å². The minimum absolute atomic E-state index is 0.00448. The molecule has 45 heavy (non-hydrogen) atoms. The summed E-state index contributed by atoms with van der Waals surface area (Å²) in [5.74, 6) is -0.255. The van der Waals surface area contributed by atoms with E-state index in [9.17, 15) is 19.8 Å². The number of benzene rings is 2. The second-order valence-corrected chi connectivity index (χ2v) is 15.2. The van der Waals surface area contributed by atoms with E-state index in [1.54, 1.807) is 23.5 Å². The van der Waals surface area contributed by atoms with Crippen LogP contribution in [-0.2, 0) is 25.5 Å². The predicted molar refractivity (Wildman–Crippen MR) is 172 cm³/mol. The number of anilines is 1. The number of aliphatic hydroxyl groups excluding tert-OH is 2. The van der Waals surface area contributed by atoms with Gasteiger partial charge in [-0.05, 0) is 90.1 Å². The number of carbonyl (C=O) groups excluding carboxylic acids is 2. The van der Waals surface area contributed by atoms with Crippen LogP contribution in [0.3, 0.4) is 0 Å². The van der Waals surface area contributed by atoms with E-state index in [1.807, 2.05) is 24.3 Å². The molecule has 2 aromatic carbocycles. The van der Waals surface area contributed by atoms with Gasteiger partial charge >= 0.3 is 0 Å². The molecule has 1 aliphatic heterocycles. The summed E-state index contributed by atoms with van der Waals surface area (Å²) in [4.78, 5) is 26.0. The highest BCUT2D eigenvalue weighted by atomic mass is 32.1. The molecule has 4 N–H and O–H groups in total. The molecule has 5 aliphatic rings. The van der Waals surface area contributed by atoms with Gasteiger partial charge in [-0.2, -0.15) is 0 Å². The number of aliphatic hydroxyl groups is 2. The third kappa shape index (κ3) is 4.02. The van der Waals surface area contributed by atoms with E-state index in [2.05, 4.69) is 43.5 Å². The van der Waals surface area contributed by atoms with Crippen molar-refractivity contribution >= 4 is 38.7 Å². The minimum atomic E-state index is -1.36. The first-order chi connectivity index (χ1) is 21.6. The van der Waals surface area contributed by atoms with Crippen LogP contribution in [0.2, 0.25) is 0 Å². The molecule has 8 heteroatoms. The van der Waals surface area contributed by atoms with Crippen LogP contribution in [0, 0.1) is 28.6 Å². The van der Waals surface area contributed by atoms with Gasteiger partial charge in [-0.25, -0.2) is 0 Å². The molecule has 4 aliphatic carbocycles. The van der Waals surface area contributed by atoms with Crippen molar-refractivity contribution in [3.05, 3.63) is 88.3 Å². The first kappa shape index (κ1) is 29.3. The second-order valence-electron chi connectivity index (χ2n) is 14.2. The van der Waals surface area contributed by atoms with Gasteiger partial charge in [0.25, 0.3) is 0 Å². The molecular formula is C37H39NO6S. The molecule has 0 unspecified atom stereocenters. The molecule has 0 spiro atoms. The zero-order valence-electron chi connectivity index (χ0n) is 25.6. The van der Waals surface area contributed by atoms with E-state index in [0.29, 0.717) is 12.8 Å².